The fraction of sp³-hybridized carbons (Fsp3) is 0.387. The number of anilines is 2. The van der Waals surface area contributed by atoms with Gasteiger partial charge in [-0.05, 0) is 76.6 Å². The summed E-state index contributed by atoms with van der Waals surface area (Å²) in [6.45, 7) is 14.1. The normalized spacial score (nSPS) is 17.7. The second kappa shape index (κ2) is 6.97. The van der Waals surface area contributed by atoms with E-state index >= 15 is 0 Å². The second-order valence-corrected chi connectivity index (χ2v) is 11.9. The quantitative estimate of drug-likeness (QED) is 0.232. The molecule has 1 aromatic heterocycles. The molecule has 0 saturated carbocycles. The van der Waals surface area contributed by atoms with Crippen LogP contribution in [0.3, 0.4) is 0 Å². The minimum atomic E-state index is 0.171. The smallest absolute Gasteiger partial charge is 0.269 e. The van der Waals surface area contributed by atoms with Crippen LogP contribution in [0.4, 0.5) is 11.4 Å². The maximum absolute atomic E-state index is 3.73. The van der Waals surface area contributed by atoms with Crippen molar-refractivity contribution in [2.75, 3.05) is 11.9 Å². The molecule has 0 radical (unpaired) electrons. The van der Waals surface area contributed by atoms with Crippen molar-refractivity contribution in [3.8, 4) is 11.4 Å². The summed E-state index contributed by atoms with van der Waals surface area (Å²) >= 11 is 0. The van der Waals surface area contributed by atoms with Crippen LogP contribution in [0.2, 0.25) is 0 Å². The Morgan fingerprint density at radius 1 is 0.853 bits per heavy atom. The summed E-state index contributed by atoms with van der Waals surface area (Å²) in [4.78, 5) is 2.37. The summed E-state index contributed by atoms with van der Waals surface area (Å²) < 4.78 is 4.52. The Morgan fingerprint density at radius 2 is 1.50 bits per heavy atom. The predicted molar refractivity (Wildman–Crippen MR) is 141 cm³/mol. The van der Waals surface area contributed by atoms with Gasteiger partial charge in [0, 0.05) is 12.7 Å². The first-order valence-corrected chi connectivity index (χ1v) is 12.6. The lowest BCUT2D eigenvalue weighted by atomic mass is 9.63. The van der Waals surface area contributed by atoms with E-state index in [1.165, 1.54) is 57.6 Å². The number of nitrogens with zero attached hydrogens (tertiary/aromatic N) is 3. The van der Waals surface area contributed by atoms with E-state index in [0.717, 1.165) is 5.69 Å². The summed E-state index contributed by atoms with van der Waals surface area (Å²) in [6, 6.07) is 20.5. The molecule has 174 valence electrons. The maximum atomic E-state index is 3.73. The lowest BCUT2D eigenvalue weighted by Crippen LogP contribution is -2.40. The molecule has 4 aromatic rings. The highest BCUT2D eigenvalue weighted by atomic mass is 15.2. The molecule has 0 N–H and O–H groups in total. The van der Waals surface area contributed by atoms with Crippen molar-refractivity contribution in [1.29, 1.82) is 0 Å². The molecule has 0 bridgehead atoms. The largest absolute Gasteiger partial charge is 0.351 e. The Bertz CT molecular complexity index is 1430. The Balaban J connectivity index is 1.62. The van der Waals surface area contributed by atoms with Crippen molar-refractivity contribution in [3.63, 3.8) is 0 Å². The van der Waals surface area contributed by atoms with Gasteiger partial charge in [0.05, 0.1) is 22.6 Å². The minimum absolute atomic E-state index is 0.171. The van der Waals surface area contributed by atoms with Gasteiger partial charge >= 0.3 is 0 Å². The second-order valence-electron chi connectivity index (χ2n) is 11.9. The first-order chi connectivity index (χ1) is 16.1. The molecule has 6 rings (SSSR count). The van der Waals surface area contributed by atoms with Crippen molar-refractivity contribution in [1.82, 2.24) is 4.57 Å². The van der Waals surface area contributed by atoms with Gasteiger partial charge in [0.1, 0.15) is 5.52 Å². The van der Waals surface area contributed by atoms with Crippen LogP contribution in [0.5, 0.6) is 0 Å². The molecule has 1 aliphatic carbocycles. The van der Waals surface area contributed by atoms with Crippen LogP contribution in [-0.4, -0.2) is 11.6 Å². The third kappa shape index (κ3) is 2.92. The van der Waals surface area contributed by atoms with Crippen LogP contribution in [0.15, 0.2) is 54.6 Å². The number of para-hydroxylation sites is 1. The van der Waals surface area contributed by atoms with Crippen molar-refractivity contribution in [2.24, 2.45) is 0 Å². The van der Waals surface area contributed by atoms with Gasteiger partial charge in [0.15, 0.2) is 0 Å². The number of hydrogen-bond donors (Lipinski definition) is 0. The molecule has 1 aliphatic heterocycles. The number of hydrogen-bond acceptors (Lipinski definition) is 1. The molecule has 0 unspecified atom stereocenters. The fourth-order valence-electron chi connectivity index (χ4n) is 5.95. The van der Waals surface area contributed by atoms with Crippen LogP contribution in [0.1, 0.15) is 77.0 Å². The molecule has 0 spiro atoms. The molecule has 0 atom stereocenters. The average Bonchev–Trinajstić information content (AvgIpc) is 3.20. The molecule has 3 nitrogen and oxygen atoms in total. The summed E-state index contributed by atoms with van der Waals surface area (Å²) in [5, 5.41) is 0. The van der Waals surface area contributed by atoms with E-state index in [-0.39, 0.29) is 10.8 Å². The Labute approximate surface area is 203 Å². The van der Waals surface area contributed by atoms with E-state index in [1.54, 1.807) is 0 Å². The standard InChI is InChI=1S/C31H35N3/c1-20(2)21-11-13-22(14-12-21)33-19-34-28-18-24-23(30(3,4)15-16-31(24,5)6)17-27(28)32(7)25-9-8-10-26(33)29(25)34/h8-14,17-18,20H,15-16H2,1-7H3. The molecule has 0 fully saturated rings. The minimum Gasteiger partial charge on any atom is -0.351 e. The Morgan fingerprint density at radius 3 is 2.15 bits per heavy atom. The van der Waals surface area contributed by atoms with Gasteiger partial charge in [0.2, 0.25) is 0 Å². The molecular formula is C31H35N3. The zero-order valence-electron chi connectivity index (χ0n) is 21.5. The lowest BCUT2D eigenvalue weighted by Gasteiger charge is -2.43. The number of aromatic nitrogens is 2. The van der Waals surface area contributed by atoms with Gasteiger partial charge < -0.3 is 4.90 Å². The summed E-state index contributed by atoms with van der Waals surface area (Å²) in [6.07, 6.45) is 6.17. The zero-order chi connectivity index (χ0) is 24.0. The van der Waals surface area contributed by atoms with Crippen LogP contribution >= 0.6 is 0 Å². The van der Waals surface area contributed by atoms with Crippen molar-refractivity contribution in [3.05, 3.63) is 77.6 Å². The van der Waals surface area contributed by atoms with E-state index in [1.807, 2.05) is 0 Å². The molecule has 0 saturated heterocycles. The van der Waals surface area contributed by atoms with E-state index in [0.29, 0.717) is 5.92 Å². The van der Waals surface area contributed by atoms with Crippen molar-refractivity contribution < 1.29 is 4.57 Å². The van der Waals surface area contributed by atoms with E-state index in [2.05, 4.69) is 124 Å². The highest BCUT2D eigenvalue weighted by molar-refractivity contribution is 5.93. The predicted octanol–water partition coefficient (Wildman–Crippen LogP) is 7.26. The van der Waals surface area contributed by atoms with Crippen molar-refractivity contribution in [2.45, 2.75) is 71.1 Å². The molecule has 2 aliphatic rings. The highest BCUT2D eigenvalue weighted by Gasteiger charge is 2.39. The van der Waals surface area contributed by atoms with Crippen LogP contribution < -0.4 is 9.47 Å². The Hall–Kier alpha value is -3.07. The van der Waals surface area contributed by atoms with Gasteiger partial charge in [-0.2, -0.15) is 0 Å². The SMILES string of the molecule is CC(C)c1ccc(-n2[c-][n+]3c4c(cccc42)N(C)c2cc4c(cc2-3)C(C)(C)CCC4(C)C)cc1. The van der Waals surface area contributed by atoms with Gasteiger partial charge in [0.25, 0.3) is 6.33 Å². The third-order valence-corrected chi connectivity index (χ3v) is 8.39. The van der Waals surface area contributed by atoms with Gasteiger partial charge in [-0.25, -0.2) is 0 Å². The van der Waals surface area contributed by atoms with Crippen LogP contribution in [0, 0.1) is 6.33 Å². The zero-order valence-corrected chi connectivity index (χ0v) is 21.5. The monoisotopic (exact) mass is 449 g/mol. The van der Waals surface area contributed by atoms with Gasteiger partial charge in [-0.1, -0.05) is 65.8 Å². The molecule has 34 heavy (non-hydrogen) atoms. The summed E-state index contributed by atoms with van der Waals surface area (Å²) in [5.41, 5.74) is 12.0. The molecule has 3 heteroatoms. The van der Waals surface area contributed by atoms with E-state index < -0.39 is 0 Å². The Kier molecular flexibility index (Phi) is 4.40. The van der Waals surface area contributed by atoms with E-state index in [4.69, 9.17) is 0 Å². The van der Waals surface area contributed by atoms with E-state index in [9.17, 15) is 0 Å². The molecule has 2 heterocycles. The first-order valence-electron chi connectivity index (χ1n) is 12.6. The summed E-state index contributed by atoms with van der Waals surface area (Å²) in [5.74, 6) is 0.525. The summed E-state index contributed by atoms with van der Waals surface area (Å²) in [7, 11) is 2.21. The molecular weight excluding hydrogens is 414 g/mol. The molecule has 0 amide bonds. The first kappa shape index (κ1) is 21.5. The van der Waals surface area contributed by atoms with Gasteiger partial charge in [-0.3, -0.25) is 9.13 Å². The average molecular weight is 450 g/mol. The van der Waals surface area contributed by atoms with Crippen LogP contribution in [-0.2, 0) is 10.8 Å². The third-order valence-electron chi connectivity index (χ3n) is 8.39. The number of benzene rings is 3. The van der Waals surface area contributed by atoms with Gasteiger partial charge in [-0.15, -0.1) is 0 Å². The maximum Gasteiger partial charge on any atom is 0.269 e. The number of imidazole rings is 1. The number of rotatable bonds is 2. The highest BCUT2D eigenvalue weighted by Crippen LogP contribution is 2.49. The molecule has 3 aromatic carbocycles. The number of fused-ring (bicyclic) bond motifs is 3. The fourth-order valence-corrected chi connectivity index (χ4v) is 5.95. The lowest BCUT2D eigenvalue weighted by molar-refractivity contribution is -0.572. The van der Waals surface area contributed by atoms with Crippen LogP contribution in [0.25, 0.3) is 22.4 Å². The topological polar surface area (TPSA) is 12.0 Å². The van der Waals surface area contributed by atoms with Crippen molar-refractivity contribution >= 4 is 22.4 Å².